The van der Waals surface area contributed by atoms with Crippen molar-refractivity contribution in [2.75, 3.05) is 26.2 Å². The molecule has 1 aliphatic heterocycles. The zero-order valence-corrected chi connectivity index (χ0v) is 16.8. The van der Waals surface area contributed by atoms with Crippen molar-refractivity contribution in [3.8, 4) is 0 Å². The molecule has 4 rings (SSSR count). The minimum atomic E-state index is -4.38. The molecule has 1 amide bonds. The van der Waals surface area contributed by atoms with Gasteiger partial charge in [0, 0.05) is 44.3 Å². The van der Waals surface area contributed by atoms with Gasteiger partial charge in [-0.1, -0.05) is 18.2 Å². The average Bonchev–Trinajstić information content (AvgIpc) is 3.48. The Labute approximate surface area is 176 Å². The minimum Gasteiger partial charge on any atom is -0.339 e. The van der Waals surface area contributed by atoms with Crippen LogP contribution in [0, 0.1) is 0 Å². The van der Waals surface area contributed by atoms with Gasteiger partial charge in [0.15, 0.2) is 0 Å². The second-order valence-corrected chi connectivity index (χ2v) is 8.08. The highest BCUT2D eigenvalue weighted by Crippen LogP contribution is 2.41. The van der Waals surface area contributed by atoms with Crippen LogP contribution in [-0.4, -0.2) is 51.7 Å². The van der Waals surface area contributed by atoms with Crippen LogP contribution >= 0.6 is 0 Å². The quantitative estimate of drug-likeness (QED) is 0.634. The summed E-state index contributed by atoms with van der Waals surface area (Å²) in [7, 11) is 0. The highest BCUT2D eigenvalue weighted by Gasteiger charge is 2.32. The maximum absolute atomic E-state index is 13.0. The average molecular weight is 442 g/mol. The molecule has 1 saturated heterocycles. The molecule has 0 spiro atoms. The molecule has 1 aliphatic carbocycles. The van der Waals surface area contributed by atoms with Gasteiger partial charge in [-0.15, -0.1) is 0 Å². The smallest absolute Gasteiger partial charge is 0.339 e. The Morgan fingerprint density at radius 3 is 2.42 bits per heavy atom. The van der Waals surface area contributed by atoms with Gasteiger partial charge >= 0.3 is 6.18 Å². The van der Waals surface area contributed by atoms with E-state index in [1.54, 1.807) is 11.0 Å². The van der Waals surface area contributed by atoms with Gasteiger partial charge in [0.2, 0.25) is 5.91 Å². The number of benzene rings is 1. The summed E-state index contributed by atoms with van der Waals surface area (Å²) in [4.78, 5) is 16.3. The van der Waals surface area contributed by atoms with E-state index in [0.29, 0.717) is 44.0 Å². The van der Waals surface area contributed by atoms with Crippen molar-refractivity contribution in [2.24, 2.45) is 0 Å². The fourth-order valence-electron chi connectivity index (χ4n) is 3.88. The molecule has 0 unspecified atom stereocenters. The van der Waals surface area contributed by atoms with Crippen molar-refractivity contribution >= 4 is 5.91 Å². The number of carbonyl (C=O) groups is 1. The van der Waals surface area contributed by atoms with E-state index in [4.69, 9.17) is 0 Å². The number of aromatic nitrogens is 2. The fourth-order valence-corrected chi connectivity index (χ4v) is 3.88. The van der Waals surface area contributed by atoms with Gasteiger partial charge < -0.3 is 4.90 Å². The molecule has 2 fully saturated rings. The zero-order valence-electron chi connectivity index (χ0n) is 16.8. The van der Waals surface area contributed by atoms with Gasteiger partial charge in [-0.25, -0.2) is 8.78 Å². The van der Waals surface area contributed by atoms with Crippen LogP contribution in [0.1, 0.15) is 47.7 Å². The largest absolute Gasteiger partial charge is 0.416 e. The Kier molecular flexibility index (Phi) is 6.00. The van der Waals surface area contributed by atoms with Gasteiger partial charge in [0.05, 0.1) is 5.56 Å². The van der Waals surface area contributed by atoms with Crippen LogP contribution in [0.4, 0.5) is 22.0 Å². The van der Waals surface area contributed by atoms with Crippen LogP contribution in [0.25, 0.3) is 0 Å². The minimum absolute atomic E-state index is 0.0772. The second kappa shape index (κ2) is 8.57. The number of rotatable bonds is 6. The highest BCUT2D eigenvalue weighted by atomic mass is 19.4. The molecule has 0 atom stereocenters. The van der Waals surface area contributed by atoms with Gasteiger partial charge in [-0.05, 0) is 30.5 Å². The van der Waals surface area contributed by atoms with Crippen molar-refractivity contribution in [2.45, 2.75) is 44.5 Å². The van der Waals surface area contributed by atoms with Crippen molar-refractivity contribution in [1.29, 1.82) is 0 Å². The number of hydrogen-bond acceptors (Lipinski definition) is 3. The molecule has 1 saturated carbocycles. The number of nitrogens with zero attached hydrogens (tertiary/aromatic N) is 4. The lowest BCUT2D eigenvalue weighted by Gasteiger charge is -2.35. The molecule has 5 nitrogen and oxygen atoms in total. The van der Waals surface area contributed by atoms with E-state index in [-0.39, 0.29) is 24.1 Å². The molecule has 2 aliphatic rings. The fraction of sp³-hybridized carbons (Fsp3) is 0.524. The lowest BCUT2D eigenvalue weighted by molar-refractivity contribution is -0.138. The Morgan fingerprint density at radius 1 is 1.10 bits per heavy atom. The molecule has 2 aromatic rings. The number of halogens is 5. The summed E-state index contributed by atoms with van der Waals surface area (Å²) in [5.41, 5.74) is 0.278. The standard InChI is InChI=1S/C21H23F5N4O/c22-20(23)17-11-18(15-4-5-15)30(27-17)13-19(31)29-8-6-28(7-9-29)12-14-2-1-3-16(10-14)21(24,25)26/h1-3,10-11,15,20H,4-9,12-13H2. The molecule has 0 radical (unpaired) electrons. The predicted molar refractivity (Wildman–Crippen MR) is 102 cm³/mol. The van der Waals surface area contributed by atoms with E-state index in [0.717, 1.165) is 25.0 Å². The van der Waals surface area contributed by atoms with E-state index in [2.05, 4.69) is 5.10 Å². The van der Waals surface area contributed by atoms with E-state index in [1.165, 1.54) is 16.8 Å². The highest BCUT2D eigenvalue weighted by molar-refractivity contribution is 5.76. The first-order chi connectivity index (χ1) is 14.7. The van der Waals surface area contributed by atoms with Crippen LogP contribution in [0.15, 0.2) is 30.3 Å². The molecule has 10 heteroatoms. The first-order valence-electron chi connectivity index (χ1n) is 10.2. The Bertz CT molecular complexity index is 930. The van der Waals surface area contributed by atoms with Crippen LogP contribution in [0.2, 0.25) is 0 Å². The van der Waals surface area contributed by atoms with Gasteiger partial charge in [0.25, 0.3) is 6.43 Å². The SMILES string of the molecule is O=C(Cn1nc(C(F)F)cc1C1CC1)N1CCN(Cc2cccc(C(F)(F)F)c2)CC1. The third kappa shape index (κ3) is 5.23. The summed E-state index contributed by atoms with van der Waals surface area (Å²) in [6, 6.07) is 6.64. The number of hydrogen-bond donors (Lipinski definition) is 0. The third-order valence-electron chi connectivity index (χ3n) is 5.72. The molecule has 2 heterocycles. The number of amides is 1. The lowest BCUT2D eigenvalue weighted by atomic mass is 10.1. The van der Waals surface area contributed by atoms with Gasteiger partial charge in [-0.3, -0.25) is 14.4 Å². The molecule has 0 bridgehead atoms. The van der Waals surface area contributed by atoms with Gasteiger partial charge in [-0.2, -0.15) is 18.3 Å². The van der Waals surface area contributed by atoms with Crippen molar-refractivity contribution in [3.63, 3.8) is 0 Å². The Morgan fingerprint density at radius 2 is 1.81 bits per heavy atom. The third-order valence-corrected chi connectivity index (χ3v) is 5.72. The number of piperazine rings is 1. The summed E-state index contributed by atoms with van der Waals surface area (Å²) >= 11 is 0. The zero-order chi connectivity index (χ0) is 22.2. The molecule has 1 aromatic heterocycles. The summed E-state index contributed by atoms with van der Waals surface area (Å²) in [6.07, 6.45) is -5.22. The Hall–Kier alpha value is -2.49. The van der Waals surface area contributed by atoms with Crippen molar-refractivity contribution in [1.82, 2.24) is 19.6 Å². The van der Waals surface area contributed by atoms with Gasteiger partial charge in [0.1, 0.15) is 12.2 Å². The number of alkyl halides is 5. The van der Waals surface area contributed by atoms with Crippen LogP contribution < -0.4 is 0 Å². The molecule has 168 valence electrons. The second-order valence-electron chi connectivity index (χ2n) is 8.08. The Balaban J connectivity index is 1.33. The normalized spacial score (nSPS) is 18.1. The summed E-state index contributed by atoms with van der Waals surface area (Å²) in [5.74, 6) is 0.00152. The lowest BCUT2D eigenvalue weighted by Crippen LogP contribution is -2.49. The van der Waals surface area contributed by atoms with Crippen LogP contribution in [0.5, 0.6) is 0 Å². The first kappa shape index (κ1) is 21.7. The van der Waals surface area contributed by atoms with Crippen molar-refractivity contribution < 1.29 is 26.7 Å². The van der Waals surface area contributed by atoms with E-state index in [9.17, 15) is 26.7 Å². The summed E-state index contributed by atoms with van der Waals surface area (Å²) in [6.45, 7) is 2.21. The number of carbonyl (C=O) groups excluding carboxylic acids is 1. The molecule has 31 heavy (non-hydrogen) atoms. The van der Waals surface area contributed by atoms with E-state index >= 15 is 0 Å². The summed E-state index contributed by atoms with van der Waals surface area (Å²) < 4.78 is 66.1. The van der Waals surface area contributed by atoms with E-state index < -0.39 is 18.2 Å². The topological polar surface area (TPSA) is 41.4 Å². The van der Waals surface area contributed by atoms with Crippen molar-refractivity contribution in [3.05, 3.63) is 52.8 Å². The van der Waals surface area contributed by atoms with E-state index in [1.807, 2.05) is 4.90 Å². The molecular weight excluding hydrogens is 419 g/mol. The van der Waals surface area contributed by atoms with Crippen LogP contribution in [0.3, 0.4) is 0 Å². The first-order valence-corrected chi connectivity index (χ1v) is 10.2. The molecule has 0 N–H and O–H groups in total. The predicted octanol–water partition coefficient (Wildman–Crippen LogP) is 4.06. The summed E-state index contributed by atoms with van der Waals surface area (Å²) in [5, 5.41) is 3.92. The monoisotopic (exact) mass is 442 g/mol. The molecule has 1 aromatic carbocycles. The molecular formula is C21H23F5N4O. The maximum Gasteiger partial charge on any atom is 0.416 e. The van der Waals surface area contributed by atoms with Crippen LogP contribution in [-0.2, 0) is 24.1 Å². The maximum atomic E-state index is 13.0.